The molecule has 1 aliphatic rings. The van der Waals surface area contributed by atoms with Crippen molar-refractivity contribution in [2.24, 2.45) is 5.92 Å². The largest absolute Gasteiger partial charge is 0.497 e. The molecule has 0 radical (unpaired) electrons. The molecular weight excluding hydrogens is 420 g/mol. The minimum atomic E-state index is -1.15. The van der Waals surface area contributed by atoms with E-state index in [1.54, 1.807) is 37.4 Å². The average molecular weight is 453 g/mol. The standard InChI is InChI=1S/C26H32N2O5/c1-6-27(7-2)14-15-28-23(20-16-19(32-4)12-13-21(20)33-5)22(25(30)26(28)31)24(29)18-10-8-17(3)9-11-18/h8-13,16,22-23H,6-7,14-15H2,1-5H3. The van der Waals surface area contributed by atoms with Gasteiger partial charge in [-0.05, 0) is 38.2 Å². The second kappa shape index (κ2) is 10.6. The number of aryl methyl sites for hydroxylation is 1. The molecule has 1 saturated heterocycles. The highest BCUT2D eigenvalue weighted by Crippen LogP contribution is 2.43. The molecule has 0 N–H and O–H groups in total. The van der Waals surface area contributed by atoms with Gasteiger partial charge < -0.3 is 19.3 Å². The van der Waals surface area contributed by atoms with Gasteiger partial charge in [0.2, 0.25) is 5.78 Å². The molecule has 3 rings (SSSR count). The molecule has 2 atom stereocenters. The normalized spacial score (nSPS) is 18.2. The first kappa shape index (κ1) is 24.5. The van der Waals surface area contributed by atoms with Crippen LogP contribution in [0.5, 0.6) is 11.5 Å². The summed E-state index contributed by atoms with van der Waals surface area (Å²) in [4.78, 5) is 43.6. The number of hydrogen-bond acceptors (Lipinski definition) is 6. The predicted molar refractivity (Wildman–Crippen MR) is 126 cm³/mol. The van der Waals surface area contributed by atoms with Crippen molar-refractivity contribution in [1.82, 2.24) is 9.80 Å². The molecule has 2 aromatic carbocycles. The van der Waals surface area contributed by atoms with Crippen molar-refractivity contribution < 1.29 is 23.9 Å². The van der Waals surface area contributed by atoms with E-state index in [-0.39, 0.29) is 5.78 Å². The van der Waals surface area contributed by atoms with Crippen LogP contribution in [0.15, 0.2) is 42.5 Å². The molecule has 0 bridgehead atoms. The Bertz CT molecular complexity index is 1010. The minimum Gasteiger partial charge on any atom is -0.497 e. The molecule has 0 spiro atoms. The van der Waals surface area contributed by atoms with Crippen LogP contribution in [0.1, 0.15) is 41.4 Å². The first-order valence-corrected chi connectivity index (χ1v) is 11.3. The summed E-state index contributed by atoms with van der Waals surface area (Å²) in [7, 11) is 3.07. The molecular formula is C26H32N2O5. The molecule has 1 aliphatic heterocycles. The minimum absolute atomic E-state index is 0.328. The van der Waals surface area contributed by atoms with Gasteiger partial charge in [0.1, 0.15) is 17.4 Å². The fourth-order valence-electron chi connectivity index (χ4n) is 4.33. The molecule has 1 amide bonds. The Hall–Kier alpha value is -3.19. The van der Waals surface area contributed by atoms with Crippen LogP contribution in [0, 0.1) is 12.8 Å². The molecule has 2 unspecified atom stereocenters. The molecule has 0 saturated carbocycles. The van der Waals surface area contributed by atoms with Crippen LogP contribution in [0.25, 0.3) is 0 Å². The van der Waals surface area contributed by atoms with Gasteiger partial charge in [-0.15, -0.1) is 0 Å². The van der Waals surface area contributed by atoms with Gasteiger partial charge >= 0.3 is 0 Å². The molecule has 1 fully saturated rings. The van der Waals surface area contributed by atoms with E-state index in [4.69, 9.17) is 9.47 Å². The van der Waals surface area contributed by atoms with Crippen molar-refractivity contribution in [3.63, 3.8) is 0 Å². The number of benzene rings is 2. The van der Waals surface area contributed by atoms with E-state index in [0.717, 1.165) is 18.7 Å². The van der Waals surface area contributed by atoms with Crippen molar-refractivity contribution in [3.8, 4) is 11.5 Å². The van der Waals surface area contributed by atoms with Crippen LogP contribution in [-0.2, 0) is 9.59 Å². The summed E-state index contributed by atoms with van der Waals surface area (Å²) in [5, 5.41) is 0. The van der Waals surface area contributed by atoms with E-state index in [0.29, 0.717) is 35.7 Å². The van der Waals surface area contributed by atoms with Crippen LogP contribution < -0.4 is 9.47 Å². The number of carbonyl (C=O) groups excluding carboxylic acids is 3. The van der Waals surface area contributed by atoms with Gasteiger partial charge in [-0.3, -0.25) is 14.4 Å². The summed E-state index contributed by atoms with van der Waals surface area (Å²) in [6, 6.07) is 11.5. The highest BCUT2D eigenvalue weighted by molar-refractivity contribution is 6.44. The number of likely N-dealkylation sites (tertiary alicyclic amines) is 1. The highest BCUT2D eigenvalue weighted by Gasteiger charge is 2.52. The van der Waals surface area contributed by atoms with Crippen LogP contribution in [0.3, 0.4) is 0 Å². The van der Waals surface area contributed by atoms with Crippen LogP contribution >= 0.6 is 0 Å². The van der Waals surface area contributed by atoms with Gasteiger partial charge in [-0.25, -0.2) is 0 Å². The average Bonchev–Trinajstić information content (AvgIpc) is 3.09. The third-order valence-electron chi connectivity index (χ3n) is 6.33. The number of hydrogen-bond donors (Lipinski definition) is 0. The number of amides is 1. The van der Waals surface area contributed by atoms with Gasteiger partial charge in [0.15, 0.2) is 5.78 Å². The van der Waals surface area contributed by atoms with Crippen molar-refractivity contribution in [2.45, 2.75) is 26.8 Å². The quantitative estimate of drug-likeness (QED) is 0.313. The van der Waals surface area contributed by atoms with Crippen LogP contribution in [-0.4, -0.2) is 67.7 Å². The number of rotatable bonds is 10. The maximum Gasteiger partial charge on any atom is 0.291 e. The molecule has 176 valence electrons. The fourth-order valence-corrected chi connectivity index (χ4v) is 4.33. The molecule has 0 aromatic heterocycles. The first-order chi connectivity index (χ1) is 15.9. The summed E-state index contributed by atoms with van der Waals surface area (Å²) in [5.74, 6) is -1.79. The molecule has 33 heavy (non-hydrogen) atoms. The number of nitrogens with zero attached hydrogens (tertiary/aromatic N) is 2. The zero-order chi connectivity index (χ0) is 24.1. The highest BCUT2D eigenvalue weighted by atomic mass is 16.5. The van der Waals surface area contributed by atoms with Gasteiger partial charge in [0, 0.05) is 24.2 Å². The lowest BCUT2D eigenvalue weighted by Gasteiger charge is -2.30. The zero-order valence-electron chi connectivity index (χ0n) is 20.0. The van der Waals surface area contributed by atoms with Crippen molar-refractivity contribution in [1.29, 1.82) is 0 Å². The summed E-state index contributed by atoms with van der Waals surface area (Å²) in [6.45, 7) is 8.60. The van der Waals surface area contributed by atoms with Crippen molar-refractivity contribution in [2.75, 3.05) is 40.4 Å². The number of methoxy groups -OCH3 is 2. The summed E-state index contributed by atoms with van der Waals surface area (Å²) >= 11 is 0. The molecule has 7 heteroatoms. The summed E-state index contributed by atoms with van der Waals surface area (Å²) in [5.41, 5.74) is 2.00. The first-order valence-electron chi connectivity index (χ1n) is 11.3. The SMILES string of the molecule is CCN(CC)CCN1C(=O)C(=O)C(C(=O)c2ccc(C)cc2)C1c1cc(OC)ccc1OC. The Morgan fingerprint density at radius 2 is 1.67 bits per heavy atom. The number of ether oxygens (including phenoxy) is 2. The predicted octanol–water partition coefficient (Wildman–Crippen LogP) is 3.31. The zero-order valence-corrected chi connectivity index (χ0v) is 20.0. The lowest BCUT2D eigenvalue weighted by atomic mass is 9.85. The fraction of sp³-hybridized carbons (Fsp3) is 0.423. The van der Waals surface area contributed by atoms with E-state index in [1.165, 1.54) is 12.0 Å². The molecule has 7 nitrogen and oxygen atoms in total. The maximum atomic E-state index is 13.6. The monoisotopic (exact) mass is 452 g/mol. The Morgan fingerprint density at radius 3 is 2.24 bits per heavy atom. The van der Waals surface area contributed by atoms with Gasteiger partial charge in [0.25, 0.3) is 5.91 Å². The van der Waals surface area contributed by atoms with E-state index < -0.39 is 23.7 Å². The van der Waals surface area contributed by atoms with Crippen LogP contribution in [0.2, 0.25) is 0 Å². The Balaban J connectivity index is 2.10. The van der Waals surface area contributed by atoms with Crippen LogP contribution in [0.4, 0.5) is 0 Å². The van der Waals surface area contributed by atoms with Crippen molar-refractivity contribution in [3.05, 3.63) is 59.2 Å². The van der Waals surface area contributed by atoms with E-state index in [2.05, 4.69) is 4.90 Å². The third kappa shape index (κ3) is 4.93. The van der Waals surface area contributed by atoms with Gasteiger partial charge in [0.05, 0.1) is 20.3 Å². The second-order valence-corrected chi connectivity index (χ2v) is 8.15. The summed E-state index contributed by atoms with van der Waals surface area (Å²) in [6.07, 6.45) is 0. The Labute approximate surface area is 195 Å². The molecule has 2 aromatic rings. The molecule has 0 aliphatic carbocycles. The Morgan fingerprint density at radius 1 is 1.00 bits per heavy atom. The number of likely N-dealkylation sites (N-methyl/N-ethyl adjacent to an activating group) is 1. The number of Topliss-reactive ketones (excluding diaryl/α,β-unsaturated/α-hetero) is 2. The lowest BCUT2D eigenvalue weighted by molar-refractivity contribution is -0.140. The van der Waals surface area contributed by atoms with Crippen molar-refractivity contribution >= 4 is 17.5 Å². The molecule has 1 heterocycles. The van der Waals surface area contributed by atoms with Gasteiger partial charge in [-0.1, -0.05) is 43.7 Å². The Kier molecular flexibility index (Phi) is 7.87. The number of ketones is 2. The third-order valence-corrected chi connectivity index (χ3v) is 6.33. The lowest BCUT2D eigenvalue weighted by Crippen LogP contribution is -2.38. The summed E-state index contributed by atoms with van der Waals surface area (Å²) < 4.78 is 11.0. The van der Waals surface area contributed by atoms with E-state index in [1.807, 2.05) is 32.9 Å². The van der Waals surface area contributed by atoms with E-state index >= 15 is 0 Å². The maximum absolute atomic E-state index is 13.6. The smallest absolute Gasteiger partial charge is 0.291 e. The van der Waals surface area contributed by atoms with Gasteiger partial charge in [-0.2, -0.15) is 0 Å². The number of carbonyl (C=O) groups is 3. The van der Waals surface area contributed by atoms with E-state index in [9.17, 15) is 14.4 Å². The topological polar surface area (TPSA) is 76.2 Å². The second-order valence-electron chi connectivity index (χ2n) is 8.15.